The Kier molecular flexibility index (Phi) is 2.16. The van der Waals surface area contributed by atoms with E-state index >= 15 is 0 Å². The third-order valence-electron chi connectivity index (χ3n) is 1.22. The quantitative estimate of drug-likeness (QED) is 0.691. The molecule has 1 N–H and O–H groups in total. The smallest absolute Gasteiger partial charge is 0.303 e. The van der Waals surface area contributed by atoms with Crippen molar-refractivity contribution in [1.82, 2.24) is 10.2 Å². The van der Waals surface area contributed by atoms with Gasteiger partial charge in [0, 0.05) is 12.1 Å². The van der Waals surface area contributed by atoms with Gasteiger partial charge in [-0.1, -0.05) is 0 Å². The lowest BCUT2D eigenvalue weighted by Crippen LogP contribution is -2.04. The highest BCUT2D eigenvalue weighted by atomic mass is 19.4. The summed E-state index contributed by atoms with van der Waals surface area (Å²) in [5.74, 6) is 0. The van der Waals surface area contributed by atoms with Crippen molar-refractivity contribution >= 4 is 6.29 Å². The number of rotatable bonds is 2. The van der Waals surface area contributed by atoms with Crippen molar-refractivity contribution in [2.24, 2.45) is 0 Å². The van der Waals surface area contributed by atoms with Crippen LogP contribution in [0.1, 0.15) is 11.4 Å². The van der Waals surface area contributed by atoms with Gasteiger partial charge < -0.3 is 4.79 Å². The fourth-order valence-corrected chi connectivity index (χ4v) is 0.701. The standard InChI is InChI=1S/C6H5F3N2O/c7-6(8,9)5-3-4(1-2-12)10-11-5/h2-3H,1H2,(H,10,11). The first kappa shape index (κ1) is 8.76. The Morgan fingerprint density at radius 1 is 1.58 bits per heavy atom. The number of aromatic amines is 1. The lowest BCUT2D eigenvalue weighted by atomic mass is 10.3. The number of H-pyrrole nitrogens is 1. The number of alkyl halides is 3. The first-order valence-electron chi connectivity index (χ1n) is 3.09. The highest BCUT2D eigenvalue weighted by Gasteiger charge is 2.33. The predicted octanol–water partition coefficient (Wildman–Crippen LogP) is 1.17. The number of aromatic nitrogens is 2. The third-order valence-corrected chi connectivity index (χ3v) is 1.22. The Hall–Kier alpha value is -1.33. The van der Waals surface area contributed by atoms with Gasteiger partial charge in [0.25, 0.3) is 0 Å². The molecule has 0 saturated carbocycles. The molecule has 1 aromatic rings. The lowest BCUT2D eigenvalue weighted by molar-refractivity contribution is -0.141. The van der Waals surface area contributed by atoms with E-state index in [1.807, 2.05) is 0 Å². The van der Waals surface area contributed by atoms with E-state index < -0.39 is 11.9 Å². The lowest BCUT2D eigenvalue weighted by Gasteiger charge is -1.98. The Labute approximate surface area is 65.6 Å². The molecule has 0 amide bonds. The van der Waals surface area contributed by atoms with Crippen LogP contribution in [0.5, 0.6) is 0 Å². The van der Waals surface area contributed by atoms with Crippen LogP contribution in [0.15, 0.2) is 6.07 Å². The van der Waals surface area contributed by atoms with Crippen LogP contribution in [-0.4, -0.2) is 16.5 Å². The second kappa shape index (κ2) is 2.96. The number of hydrogen-bond acceptors (Lipinski definition) is 2. The molecule has 0 aliphatic rings. The summed E-state index contributed by atoms with van der Waals surface area (Å²) < 4.78 is 35.6. The maximum absolute atomic E-state index is 11.9. The molecule has 0 aliphatic heterocycles. The van der Waals surface area contributed by atoms with Gasteiger partial charge in [-0.25, -0.2) is 0 Å². The number of carbonyl (C=O) groups is 1. The van der Waals surface area contributed by atoms with Crippen LogP contribution in [0, 0.1) is 0 Å². The summed E-state index contributed by atoms with van der Waals surface area (Å²) in [6, 6.07) is 0.814. The van der Waals surface area contributed by atoms with E-state index in [-0.39, 0.29) is 12.1 Å². The van der Waals surface area contributed by atoms with E-state index in [4.69, 9.17) is 0 Å². The minimum Gasteiger partial charge on any atom is -0.303 e. The van der Waals surface area contributed by atoms with Gasteiger partial charge in [-0.2, -0.15) is 18.3 Å². The minimum absolute atomic E-state index is 0.0803. The molecule has 0 aliphatic carbocycles. The maximum atomic E-state index is 11.9. The Morgan fingerprint density at radius 3 is 2.67 bits per heavy atom. The second-order valence-corrected chi connectivity index (χ2v) is 2.15. The molecular formula is C6H5F3N2O. The van der Waals surface area contributed by atoms with Gasteiger partial charge in [0.1, 0.15) is 6.29 Å². The van der Waals surface area contributed by atoms with Crippen LogP contribution < -0.4 is 0 Å². The molecular weight excluding hydrogens is 173 g/mol. The summed E-state index contributed by atoms with van der Waals surface area (Å²) in [7, 11) is 0. The van der Waals surface area contributed by atoms with Gasteiger partial charge >= 0.3 is 6.18 Å². The van der Waals surface area contributed by atoms with E-state index in [1.165, 1.54) is 0 Å². The summed E-state index contributed by atoms with van der Waals surface area (Å²) in [6.45, 7) is 0. The summed E-state index contributed by atoms with van der Waals surface area (Å²) in [5.41, 5.74) is -0.836. The second-order valence-electron chi connectivity index (χ2n) is 2.15. The van der Waals surface area contributed by atoms with Crippen LogP contribution in [0.2, 0.25) is 0 Å². The van der Waals surface area contributed by atoms with Gasteiger partial charge in [0.15, 0.2) is 5.69 Å². The predicted molar refractivity (Wildman–Crippen MR) is 33.4 cm³/mol. The number of carbonyl (C=O) groups excluding carboxylic acids is 1. The molecule has 0 saturated heterocycles. The van der Waals surface area contributed by atoms with Gasteiger partial charge in [-0.05, 0) is 6.07 Å². The van der Waals surface area contributed by atoms with E-state index in [1.54, 1.807) is 0 Å². The molecule has 6 heteroatoms. The largest absolute Gasteiger partial charge is 0.435 e. The zero-order chi connectivity index (χ0) is 9.19. The zero-order valence-electron chi connectivity index (χ0n) is 5.85. The van der Waals surface area contributed by atoms with Crippen molar-refractivity contribution in [3.63, 3.8) is 0 Å². The first-order valence-corrected chi connectivity index (χ1v) is 3.09. The van der Waals surface area contributed by atoms with E-state index in [9.17, 15) is 18.0 Å². The van der Waals surface area contributed by atoms with Crippen molar-refractivity contribution in [2.45, 2.75) is 12.6 Å². The molecule has 0 aromatic carbocycles. The average molecular weight is 178 g/mol. The van der Waals surface area contributed by atoms with E-state index in [0.717, 1.165) is 6.07 Å². The molecule has 0 fully saturated rings. The van der Waals surface area contributed by atoms with Crippen molar-refractivity contribution in [1.29, 1.82) is 0 Å². The van der Waals surface area contributed by atoms with Crippen LogP contribution in [0.25, 0.3) is 0 Å². The van der Waals surface area contributed by atoms with Crippen molar-refractivity contribution in [3.8, 4) is 0 Å². The van der Waals surface area contributed by atoms with E-state index in [0.29, 0.717) is 6.29 Å². The SMILES string of the molecule is O=CCc1cc(C(F)(F)F)n[nH]1. The minimum atomic E-state index is -4.45. The monoisotopic (exact) mass is 178 g/mol. The third kappa shape index (κ3) is 1.84. The topological polar surface area (TPSA) is 45.8 Å². The molecule has 12 heavy (non-hydrogen) atoms. The molecule has 0 radical (unpaired) electrons. The molecule has 1 heterocycles. The van der Waals surface area contributed by atoms with Crippen LogP contribution in [0.4, 0.5) is 13.2 Å². The molecule has 3 nitrogen and oxygen atoms in total. The molecule has 0 bridgehead atoms. The fraction of sp³-hybridized carbons (Fsp3) is 0.333. The average Bonchev–Trinajstić information content (AvgIpc) is 2.35. The van der Waals surface area contributed by atoms with Gasteiger partial charge in [0.05, 0.1) is 0 Å². The van der Waals surface area contributed by atoms with E-state index in [2.05, 4.69) is 10.2 Å². The van der Waals surface area contributed by atoms with Gasteiger partial charge in [-0.3, -0.25) is 5.10 Å². The Morgan fingerprint density at radius 2 is 2.25 bits per heavy atom. The van der Waals surface area contributed by atoms with Crippen molar-refractivity contribution < 1.29 is 18.0 Å². The van der Waals surface area contributed by atoms with Crippen LogP contribution in [-0.2, 0) is 17.4 Å². The number of nitrogens with zero attached hydrogens (tertiary/aromatic N) is 1. The molecule has 0 atom stereocenters. The molecule has 0 unspecified atom stereocenters. The fourth-order valence-electron chi connectivity index (χ4n) is 0.701. The number of halogens is 3. The Bertz CT molecular complexity index is 279. The Balaban J connectivity index is 2.84. The molecule has 66 valence electrons. The summed E-state index contributed by atoms with van der Waals surface area (Å²) >= 11 is 0. The highest BCUT2D eigenvalue weighted by Crippen LogP contribution is 2.27. The summed E-state index contributed by atoms with van der Waals surface area (Å²) in [6.07, 6.45) is -4.02. The normalized spacial score (nSPS) is 11.6. The number of hydrogen-bond donors (Lipinski definition) is 1. The maximum Gasteiger partial charge on any atom is 0.435 e. The van der Waals surface area contributed by atoms with Gasteiger partial charge in [0.2, 0.25) is 0 Å². The molecule has 0 spiro atoms. The van der Waals surface area contributed by atoms with Crippen LogP contribution in [0.3, 0.4) is 0 Å². The number of aldehydes is 1. The first-order chi connectivity index (χ1) is 5.54. The van der Waals surface area contributed by atoms with Crippen LogP contribution >= 0.6 is 0 Å². The van der Waals surface area contributed by atoms with Gasteiger partial charge in [-0.15, -0.1) is 0 Å². The zero-order valence-corrected chi connectivity index (χ0v) is 5.85. The summed E-state index contributed by atoms with van der Waals surface area (Å²) in [5, 5.41) is 5.11. The molecule has 1 aromatic heterocycles. The number of nitrogens with one attached hydrogen (secondary N) is 1. The highest BCUT2D eigenvalue weighted by molar-refractivity contribution is 5.53. The molecule has 1 rings (SSSR count). The van der Waals surface area contributed by atoms with Crippen molar-refractivity contribution in [2.75, 3.05) is 0 Å². The van der Waals surface area contributed by atoms with Crippen molar-refractivity contribution in [3.05, 3.63) is 17.5 Å². The summed E-state index contributed by atoms with van der Waals surface area (Å²) in [4.78, 5) is 9.90.